The average Bonchev–Trinajstić information content (AvgIpc) is 3.58. The van der Waals surface area contributed by atoms with Crippen molar-refractivity contribution in [3.05, 3.63) is 96.1 Å². The Morgan fingerprint density at radius 3 is 2.34 bits per heavy atom. The molecule has 1 fully saturated rings. The Balaban J connectivity index is 1.55. The number of benzene rings is 3. The van der Waals surface area contributed by atoms with Gasteiger partial charge in [0, 0.05) is 16.9 Å². The van der Waals surface area contributed by atoms with E-state index in [0.717, 1.165) is 30.6 Å². The van der Waals surface area contributed by atoms with Crippen molar-refractivity contribution in [2.45, 2.75) is 37.8 Å². The van der Waals surface area contributed by atoms with Crippen LogP contribution in [0, 0.1) is 0 Å². The van der Waals surface area contributed by atoms with Crippen LogP contribution in [-0.2, 0) is 4.79 Å². The Kier molecular flexibility index (Phi) is 5.78. The summed E-state index contributed by atoms with van der Waals surface area (Å²) >= 11 is 0. The Labute approximate surface area is 189 Å². The van der Waals surface area contributed by atoms with Crippen molar-refractivity contribution in [3.63, 3.8) is 0 Å². The average molecular weight is 425 g/mol. The van der Waals surface area contributed by atoms with E-state index in [2.05, 4.69) is 101 Å². The van der Waals surface area contributed by atoms with E-state index in [1.165, 1.54) is 22.1 Å². The lowest BCUT2D eigenvalue weighted by atomic mass is 9.87. The molecule has 4 aromatic rings. The zero-order valence-corrected chi connectivity index (χ0v) is 18.4. The van der Waals surface area contributed by atoms with Crippen molar-refractivity contribution in [1.82, 2.24) is 10.3 Å². The Hall–Kier alpha value is -3.37. The van der Waals surface area contributed by atoms with E-state index in [9.17, 15) is 4.79 Å². The predicted octanol–water partition coefficient (Wildman–Crippen LogP) is 4.20. The highest BCUT2D eigenvalue weighted by Crippen LogP contribution is 2.38. The minimum absolute atomic E-state index is 0.118. The molecular formula is C28H30N3O+. The van der Waals surface area contributed by atoms with Crippen molar-refractivity contribution < 1.29 is 10.1 Å². The summed E-state index contributed by atoms with van der Waals surface area (Å²) in [5.41, 5.74) is 6.04. The zero-order chi connectivity index (χ0) is 21.9. The lowest BCUT2D eigenvalue weighted by Crippen LogP contribution is -2.92. The Morgan fingerprint density at radius 2 is 1.62 bits per heavy atom. The van der Waals surface area contributed by atoms with Gasteiger partial charge >= 0.3 is 0 Å². The van der Waals surface area contributed by atoms with Crippen molar-refractivity contribution in [3.8, 4) is 11.3 Å². The van der Waals surface area contributed by atoms with E-state index >= 15 is 0 Å². The monoisotopic (exact) mass is 424 g/mol. The van der Waals surface area contributed by atoms with Gasteiger partial charge in [-0.3, -0.25) is 4.79 Å². The normalized spacial score (nSPS) is 15.4. The fraction of sp³-hybridized carbons (Fsp3) is 0.250. The molecule has 4 N–H and O–H groups in total. The van der Waals surface area contributed by atoms with Gasteiger partial charge < -0.3 is 15.6 Å². The van der Waals surface area contributed by atoms with Gasteiger partial charge in [0.1, 0.15) is 0 Å². The SMILES string of the molecule is C[C@H]([NH2+]C[C@H](c1ccccc1)c1c(-c2ccccc2)[nH]c2ccccc12)C(=O)NC1CC1. The first-order valence-corrected chi connectivity index (χ1v) is 11.6. The van der Waals surface area contributed by atoms with Gasteiger partial charge in [0.25, 0.3) is 5.91 Å². The number of fused-ring (bicyclic) bond motifs is 1. The summed E-state index contributed by atoms with van der Waals surface area (Å²) in [7, 11) is 0. The minimum atomic E-state index is -0.118. The lowest BCUT2D eigenvalue weighted by Gasteiger charge is -2.20. The van der Waals surface area contributed by atoms with Gasteiger partial charge in [-0.25, -0.2) is 0 Å². The molecule has 0 unspecified atom stereocenters. The standard InChI is InChI=1S/C28H29N3O/c1-19(28(32)30-22-16-17-22)29-18-24(20-10-4-2-5-11-20)26-23-14-8-9-15-25(23)31-27(26)21-12-6-3-7-13-21/h2-15,19,22,24,29,31H,16-18H2,1H3,(H,30,32)/p+1/t19-,24+/m0/s1. The van der Waals surface area contributed by atoms with Gasteiger partial charge in [0.2, 0.25) is 0 Å². The fourth-order valence-electron chi connectivity index (χ4n) is 4.47. The van der Waals surface area contributed by atoms with Crippen molar-refractivity contribution >= 4 is 16.8 Å². The lowest BCUT2D eigenvalue weighted by molar-refractivity contribution is -0.674. The van der Waals surface area contributed by atoms with Crippen LogP contribution in [0.1, 0.15) is 36.8 Å². The molecule has 5 rings (SSSR count). The molecule has 0 spiro atoms. The number of nitrogens with two attached hydrogens (primary N) is 1. The summed E-state index contributed by atoms with van der Waals surface area (Å²) in [6, 6.07) is 30.0. The molecule has 2 atom stereocenters. The molecule has 0 radical (unpaired) electrons. The van der Waals surface area contributed by atoms with Crippen LogP contribution in [0.2, 0.25) is 0 Å². The van der Waals surface area contributed by atoms with Crippen LogP contribution in [0.15, 0.2) is 84.9 Å². The number of carbonyl (C=O) groups is 1. The van der Waals surface area contributed by atoms with E-state index in [1.54, 1.807) is 0 Å². The molecule has 162 valence electrons. The molecule has 1 amide bonds. The van der Waals surface area contributed by atoms with Crippen LogP contribution in [0.4, 0.5) is 0 Å². The third-order valence-corrected chi connectivity index (χ3v) is 6.42. The largest absolute Gasteiger partial charge is 0.354 e. The highest BCUT2D eigenvalue weighted by atomic mass is 16.2. The molecule has 1 saturated carbocycles. The number of H-pyrrole nitrogens is 1. The predicted molar refractivity (Wildman–Crippen MR) is 129 cm³/mol. The van der Waals surface area contributed by atoms with Gasteiger partial charge in [0.15, 0.2) is 6.04 Å². The van der Waals surface area contributed by atoms with E-state index in [0.29, 0.717) is 6.04 Å². The first-order chi connectivity index (χ1) is 15.7. The van der Waals surface area contributed by atoms with Crippen LogP contribution < -0.4 is 10.6 Å². The first-order valence-electron chi connectivity index (χ1n) is 11.6. The highest BCUT2D eigenvalue weighted by Gasteiger charge is 2.29. The molecule has 1 heterocycles. The maximum atomic E-state index is 12.6. The molecule has 0 saturated heterocycles. The molecule has 1 aliphatic carbocycles. The van der Waals surface area contributed by atoms with E-state index < -0.39 is 0 Å². The summed E-state index contributed by atoms with van der Waals surface area (Å²) in [5.74, 6) is 0.292. The number of para-hydroxylation sites is 1. The molecule has 4 nitrogen and oxygen atoms in total. The second-order valence-electron chi connectivity index (χ2n) is 8.83. The topological polar surface area (TPSA) is 61.5 Å². The van der Waals surface area contributed by atoms with Gasteiger partial charge in [-0.05, 0) is 42.5 Å². The van der Waals surface area contributed by atoms with E-state index in [-0.39, 0.29) is 17.9 Å². The van der Waals surface area contributed by atoms with Crippen LogP contribution >= 0.6 is 0 Å². The van der Waals surface area contributed by atoms with Gasteiger partial charge in [-0.1, -0.05) is 78.9 Å². The summed E-state index contributed by atoms with van der Waals surface area (Å²) in [6.45, 7) is 2.80. The van der Waals surface area contributed by atoms with Gasteiger partial charge in [0.05, 0.1) is 18.2 Å². The number of rotatable bonds is 8. The number of aromatic nitrogens is 1. The molecule has 32 heavy (non-hydrogen) atoms. The molecular weight excluding hydrogens is 394 g/mol. The maximum Gasteiger partial charge on any atom is 0.278 e. The number of nitrogens with one attached hydrogen (secondary N) is 2. The number of carbonyl (C=O) groups excluding carboxylic acids is 1. The summed E-state index contributed by atoms with van der Waals surface area (Å²) in [6.07, 6.45) is 2.22. The van der Waals surface area contributed by atoms with Crippen molar-refractivity contribution in [2.24, 2.45) is 0 Å². The van der Waals surface area contributed by atoms with Gasteiger partial charge in [-0.15, -0.1) is 0 Å². The first kappa shape index (κ1) is 20.5. The van der Waals surface area contributed by atoms with Crippen molar-refractivity contribution in [2.75, 3.05) is 6.54 Å². The Bertz CT molecular complexity index is 1200. The number of amides is 1. The van der Waals surface area contributed by atoms with Crippen LogP contribution in [0.25, 0.3) is 22.2 Å². The molecule has 3 aromatic carbocycles. The third-order valence-electron chi connectivity index (χ3n) is 6.42. The van der Waals surface area contributed by atoms with Crippen molar-refractivity contribution in [1.29, 1.82) is 0 Å². The molecule has 1 aromatic heterocycles. The third kappa shape index (κ3) is 4.32. The summed E-state index contributed by atoms with van der Waals surface area (Å²) < 4.78 is 0. The molecule has 1 aliphatic rings. The zero-order valence-electron chi connectivity index (χ0n) is 18.4. The quantitative estimate of drug-likeness (QED) is 0.390. The number of hydrogen-bond donors (Lipinski definition) is 3. The van der Waals surface area contributed by atoms with E-state index in [4.69, 9.17) is 0 Å². The second-order valence-corrected chi connectivity index (χ2v) is 8.83. The highest BCUT2D eigenvalue weighted by molar-refractivity contribution is 5.92. The summed E-state index contributed by atoms with van der Waals surface area (Å²) in [4.78, 5) is 16.3. The smallest absolute Gasteiger partial charge is 0.278 e. The number of hydrogen-bond acceptors (Lipinski definition) is 1. The number of aromatic amines is 1. The van der Waals surface area contributed by atoms with Crippen LogP contribution in [0.3, 0.4) is 0 Å². The van der Waals surface area contributed by atoms with Crippen LogP contribution in [-0.4, -0.2) is 29.5 Å². The Morgan fingerprint density at radius 1 is 0.969 bits per heavy atom. The fourth-order valence-corrected chi connectivity index (χ4v) is 4.47. The molecule has 0 aliphatic heterocycles. The second kappa shape index (κ2) is 9.01. The molecule has 4 heteroatoms. The minimum Gasteiger partial charge on any atom is -0.354 e. The van der Waals surface area contributed by atoms with Gasteiger partial charge in [-0.2, -0.15) is 0 Å². The molecule has 0 bridgehead atoms. The van der Waals surface area contributed by atoms with Crippen LogP contribution in [0.5, 0.6) is 0 Å². The number of quaternary nitrogens is 1. The maximum absolute atomic E-state index is 12.6. The summed E-state index contributed by atoms with van der Waals surface area (Å²) in [5, 5.41) is 6.57. The van der Waals surface area contributed by atoms with E-state index in [1.807, 2.05) is 6.92 Å².